The smallest absolute Gasteiger partial charge is 0.267 e. The first-order valence-corrected chi connectivity index (χ1v) is 14.3. The summed E-state index contributed by atoms with van der Waals surface area (Å²) in [5, 5.41) is 13.8. The van der Waals surface area contributed by atoms with Crippen molar-refractivity contribution >= 4 is 51.7 Å². The van der Waals surface area contributed by atoms with Crippen molar-refractivity contribution in [3.63, 3.8) is 0 Å². The fourth-order valence-corrected chi connectivity index (χ4v) is 5.73. The topological polar surface area (TPSA) is 86.9 Å². The van der Waals surface area contributed by atoms with Crippen LogP contribution in [0.1, 0.15) is 62.3 Å². The lowest BCUT2D eigenvalue weighted by molar-refractivity contribution is -0.122. The summed E-state index contributed by atoms with van der Waals surface area (Å²) in [6.45, 7) is 6.94. The average Bonchev–Trinajstić information content (AvgIpc) is 3.19. The Morgan fingerprint density at radius 2 is 1.92 bits per heavy atom. The van der Waals surface area contributed by atoms with Gasteiger partial charge < -0.3 is 10.4 Å². The predicted octanol–water partition coefficient (Wildman–Crippen LogP) is 5.57. The molecule has 0 saturated carbocycles. The van der Waals surface area contributed by atoms with Crippen LogP contribution in [0.3, 0.4) is 0 Å². The largest absolute Gasteiger partial charge is 0.387 e. The van der Waals surface area contributed by atoms with Gasteiger partial charge >= 0.3 is 0 Å². The molecule has 1 aliphatic heterocycles. The molecular formula is C29H34N4O3S2. The number of unbranched alkanes of at least 4 members (excludes halogenated alkanes) is 1. The minimum atomic E-state index is -0.797. The Morgan fingerprint density at radius 3 is 2.63 bits per heavy atom. The van der Waals surface area contributed by atoms with Gasteiger partial charge in [0.05, 0.1) is 16.6 Å². The summed E-state index contributed by atoms with van der Waals surface area (Å²) in [4.78, 5) is 33.8. The Kier molecular flexibility index (Phi) is 9.35. The molecule has 1 fully saturated rings. The highest BCUT2D eigenvalue weighted by molar-refractivity contribution is 8.26. The van der Waals surface area contributed by atoms with E-state index in [0.717, 1.165) is 36.8 Å². The number of aryl methyl sites for hydroxylation is 1. The third kappa shape index (κ3) is 6.34. The number of anilines is 1. The summed E-state index contributed by atoms with van der Waals surface area (Å²) in [6.07, 6.45) is 6.78. The minimum Gasteiger partial charge on any atom is -0.387 e. The number of rotatable bonds is 11. The number of nitrogens with one attached hydrogen (secondary N) is 1. The maximum absolute atomic E-state index is 13.6. The second-order valence-corrected chi connectivity index (χ2v) is 11.3. The number of pyridine rings is 1. The molecule has 2 unspecified atom stereocenters. The van der Waals surface area contributed by atoms with Crippen LogP contribution in [-0.4, -0.2) is 42.7 Å². The zero-order chi connectivity index (χ0) is 27.2. The molecule has 38 heavy (non-hydrogen) atoms. The normalized spacial score (nSPS) is 16.4. The molecule has 4 rings (SSSR count). The number of nitrogens with zero attached hydrogens (tertiary/aromatic N) is 3. The molecule has 9 heteroatoms. The minimum absolute atomic E-state index is 0.149. The molecule has 0 spiro atoms. The lowest BCUT2D eigenvalue weighted by Crippen LogP contribution is -2.33. The lowest BCUT2D eigenvalue weighted by Gasteiger charge is -2.21. The van der Waals surface area contributed by atoms with E-state index in [0.29, 0.717) is 33.2 Å². The van der Waals surface area contributed by atoms with Crippen LogP contribution < -0.4 is 10.9 Å². The first-order chi connectivity index (χ1) is 18.3. The molecule has 1 saturated heterocycles. The van der Waals surface area contributed by atoms with Crippen molar-refractivity contribution in [1.82, 2.24) is 14.3 Å². The van der Waals surface area contributed by atoms with Crippen molar-refractivity contribution < 1.29 is 9.90 Å². The first-order valence-electron chi connectivity index (χ1n) is 13.1. The fourth-order valence-electron chi connectivity index (χ4n) is 4.47. The van der Waals surface area contributed by atoms with E-state index in [9.17, 15) is 14.7 Å². The Bertz CT molecular complexity index is 1400. The van der Waals surface area contributed by atoms with Gasteiger partial charge in [0.25, 0.3) is 11.5 Å². The SMILES string of the molecule is CCCCC(CC)CN1C(=O)C(=Cc2c(NCC(O)c3ccccc3)nc3ccc(C)cn3c2=O)SC1=S. The predicted molar refractivity (Wildman–Crippen MR) is 159 cm³/mol. The maximum atomic E-state index is 13.6. The summed E-state index contributed by atoms with van der Waals surface area (Å²) in [6, 6.07) is 13.0. The Balaban J connectivity index is 1.67. The van der Waals surface area contributed by atoms with E-state index >= 15 is 0 Å². The highest BCUT2D eigenvalue weighted by atomic mass is 32.2. The van der Waals surface area contributed by atoms with E-state index in [2.05, 4.69) is 24.1 Å². The number of aliphatic hydroxyl groups is 1. The number of benzene rings is 1. The van der Waals surface area contributed by atoms with Gasteiger partial charge in [-0.2, -0.15) is 0 Å². The third-order valence-electron chi connectivity index (χ3n) is 6.79. The lowest BCUT2D eigenvalue weighted by atomic mass is 9.99. The third-order valence-corrected chi connectivity index (χ3v) is 8.16. The van der Waals surface area contributed by atoms with E-state index in [1.165, 1.54) is 16.2 Å². The van der Waals surface area contributed by atoms with E-state index in [4.69, 9.17) is 12.2 Å². The Morgan fingerprint density at radius 1 is 1.16 bits per heavy atom. The average molecular weight is 551 g/mol. The Hall–Kier alpha value is -3.01. The monoisotopic (exact) mass is 550 g/mol. The number of aliphatic hydroxyl groups excluding tert-OH is 1. The summed E-state index contributed by atoms with van der Waals surface area (Å²) < 4.78 is 1.99. The maximum Gasteiger partial charge on any atom is 0.267 e. The first kappa shape index (κ1) is 28.0. The van der Waals surface area contributed by atoms with Gasteiger partial charge in [-0.05, 0) is 42.5 Å². The zero-order valence-electron chi connectivity index (χ0n) is 22.0. The second-order valence-electron chi connectivity index (χ2n) is 9.63. The number of hydrogen-bond donors (Lipinski definition) is 2. The van der Waals surface area contributed by atoms with Gasteiger partial charge in [-0.3, -0.25) is 18.9 Å². The van der Waals surface area contributed by atoms with Gasteiger partial charge in [0.2, 0.25) is 0 Å². The van der Waals surface area contributed by atoms with Crippen LogP contribution in [0.2, 0.25) is 0 Å². The number of fused-ring (bicyclic) bond motifs is 1. The van der Waals surface area contributed by atoms with Gasteiger partial charge in [0.15, 0.2) is 0 Å². The van der Waals surface area contributed by atoms with E-state index < -0.39 is 6.10 Å². The van der Waals surface area contributed by atoms with Crippen molar-refractivity contribution in [2.24, 2.45) is 5.92 Å². The summed E-state index contributed by atoms with van der Waals surface area (Å²) >= 11 is 6.78. The van der Waals surface area contributed by atoms with Crippen LogP contribution in [0.4, 0.5) is 5.82 Å². The second kappa shape index (κ2) is 12.7. The van der Waals surface area contributed by atoms with Crippen molar-refractivity contribution in [1.29, 1.82) is 0 Å². The molecular weight excluding hydrogens is 516 g/mol. The van der Waals surface area contributed by atoms with Crippen LogP contribution in [0.15, 0.2) is 58.4 Å². The van der Waals surface area contributed by atoms with Crippen molar-refractivity contribution in [2.45, 2.75) is 52.6 Å². The highest BCUT2D eigenvalue weighted by Crippen LogP contribution is 2.34. The van der Waals surface area contributed by atoms with E-state index in [1.54, 1.807) is 23.2 Å². The molecule has 200 valence electrons. The van der Waals surface area contributed by atoms with E-state index in [1.807, 2.05) is 43.3 Å². The van der Waals surface area contributed by atoms with Crippen LogP contribution in [0.5, 0.6) is 0 Å². The summed E-state index contributed by atoms with van der Waals surface area (Å²) in [7, 11) is 0. The summed E-state index contributed by atoms with van der Waals surface area (Å²) in [5.41, 5.74) is 2.10. The molecule has 1 amide bonds. The molecule has 3 heterocycles. The molecule has 0 bridgehead atoms. The van der Waals surface area contributed by atoms with Crippen LogP contribution in [0, 0.1) is 12.8 Å². The molecule has 0 radical (unpaired) electrons. The van der Waals surface area contributed by atoms with Crippen molar-refractivity contribution in [2.75, 3.05) is 18.4 Å². The van der Waals surface area contributed by atoms with Gasteiger partial charge in [0, 0.05) is 19.3 Å². The molecule has 2 aromatic heterocycles. The zero-order valence-corrected chi connectivity index (χ0v) is 23.6. The number of aromatic nitrogens is 2. The molecule has 7 nitrogen and oxygen atoms in total. The van der Waals surface area contributed by atoms with Gasteiger partial charge in [-0.15, -0.1) is 0 Å². The van der Waals surface area contributed by atoms with Crippen LogP contribution in [-0.2, 0) is 4.79 Å². The van der Waals surface area contributed by atoms with Crippen LogP contribution in [0.25, 0.3) is 11.7 Å². The molecule has 3 aromatic rings. The molecule has 0 aliphatic carbocycles. The van der Waals surface area contributed by atoms with Crippen LogP contribution >= 0.6 is 24.0 Å². The quantitative estimate of drug-likeness (QED) is 0.239. The Labute approximate surface area is 233 Å². The fraction of sp³-hybridized carbons (Fsp3) is 0.379. The number of thioether (sulfide) groups is 1. The number of carbonyl (C=O) groups is 1. The van der Waals surface area contributed by atoms with Gasteiger partial charge in [-0.25, -0.2) is 4.98 Å². The van der Waals surface area contributed by atoms with E-state index in [-0.39, 0.29) is 23.6 Å². The number of hydrogen-bond acceptors (Lipinski definition) is 7. The molecule has 1 aliphatic rings. The molecule has 2 N–H and O–H groups in total. The van der Waals surface area contributed by atoms with Gasteiger partial charge in [-0.1, -0.05) is 93.5 Å². The molecule has 2 atom stereocenters. The standard InChI is InChI=1S/C29H34N4O3S2/c1-4-6-10-20(5-2)18-33-28(36)24(38-29(33)37)15-22-26(30-16-23(34)21-11-8-7-9-12-21)31-25-14-13-19(3)17-32(25)27(22)35/h7-9,11-15,17,20,23,30,34H,4-6,10,16,18H2,1-3H3. The number of thiocarbonyl (C=S) groups is 1. The van der Waals surface area contributed by atoms with Crippen molar-refractivity contribution in [3.8, 4) is 0 Å². The number of amides is 1. The molecule has 1 aromatic carbocycles. The highest BCUT2D eigenvalue weighted by Gasteiger charge is 2.33. The number of carbonyl (C=O) groups excluding carboxylic acids is 1. The van der Waals surface area contributed by atoms with Crippen molar-refractivity contribution in [3.05, 3.63) is 80.6 Å². The van der Waals surface area contributed by atoms with Gasteiger partial charge in [0.1, 0.15) is 15.8 Å². The summed E-state index contributed by atoms with van der Waals surface area (Å²) in [5.74, 6) is 0.511.